The number of amidine groups is 2. The summed E-state index contributed by atoms with van der Waals surface area (Å²) >= 11 is 45.8. The van der Waals surface area contributed by atoms with Crippen molar-refractivity contribution in [3.05, 3.63) is 88.6 Å². The van der Waals surface area contributed by atoms with Crippen LogP contribution in [0, 0.1) is 0 Å². The first-order valence-corrected chi connectivity index (χ1v) is 13.7. The van der Waals surface area contributed by atoms with Crippen LogP contribution < -0.4 is 11.0 Å². The van der Waals surface area contributed by atoms with E-state index in [1.165, 1.54) is 0 Å². The highest BCUT2D eigenvalue weighted by Crippen LogP contribution is 2.44. The largest absolute Gasteiger partial charge is 0.499 e. The fourth-order valence-corrected chi connectivity index (χ4v) is 6.49. The van der Waals surface area contributed by atoms with Gasteiger partial charge in [0.15, 0.2) is 11.7 Å². The summed E-state index contributed by atoms with van der Waals surface area (Å²) < 4.78 is 3.60. The molecule has 184 valence electrons. The Hall–Kier alpha value is -2.23. The lowest BCUT2D eigenvalue weighted by Gasteiger charge is -2.18. The third-order valence-corrected chi connectivity index (χ3v) is 9.37. The minimum absolute atomic E-state index is 0.368. The highest BCUT2D eigenvalue weighted by molar-refractivity contribution is 7.05. The van der Waals surface area contributed by atoms with Crippen molar-refractivity contribution >= 4 is 132 Å². The van der Waals surface area contributed by atoms with Crippen LogP contribution in [0.15, 0.2) is 56.4 Å². The molecular formula is C24H6BCl7N6. The van der Waals surface area contributed by atoms with Crippen LogP contribution in [0.2, 0.25) is 30.1 Å². The Morgan fingerprint density at radius 1 is 0.474 bits per heavy atom. The zero-order valence-electron chi connectivity index (χ0n) is 18.4. The Morgan fingerprint density at radius 3 is 1.45 bits per heavy atom. The topological polar surface area (TPSA) is 59.3 Å². The van der Waals surface area contributed by atoms with Gasteiger partial charge in [-0.15, -0.1) is 11.5 Å². The van der Waals surface area contributed by atoms with Crippen molar-refractivity contribution < 1.29 is 0 Å². The van der Waals surface area contributed by atoms with E-state index < -0.39 is 6.40 Å². The summed E-state index contributed by atoms with van der Waals surface area (Å²) in [6.45, 7) is 0. The first kappa shape index (κ1) is 23.6. The van der Waals surface area contributed by atoms with Crippen molar-refractivity contribution in [3.63, 3.8) is 0 Å². The molecule has 0 atom stereocenters. The standard InChI is InChI=1S/C24H6BCl7N6/c26-13-1-7-8(2-14(13)27)20-33-19(7)34-21-9-3-15(28)17(30)5-11(9)23-36-24-12-6-18(31)16(29)4-10(12)22(35-20)38(24)25(32)37(21)23/h1-6H/b34-19-,34-21?,35-20?,35-22-. The molecule has 0 unspecified atom stereocenters. The predicted molar refractivity (Wildman–Crippen MR) is 157 cm³/mol. The van der Waals surface area contributed by atoms with Gasteiger partial charge in [0, 0.05) is 32.7 Å². The number of benzene rings is 3. The number of hydrogen-bond donors (Lipinski definition) is 0. The summed E-state index contributed by atoms with van der Waals surface area (Å²) in [5.41, 5.74) is 2.41. The molecule has 0 saturated carbocycles. The van der Waals surface area contributed by atoms with Crippen LogP contribution in [0.1, 0.15) is 11.1 Å². The highest BCUT2D eigenvalue weighted by atomic mass is 35.5. The van der Waals surface area contributed by atoms with Crippen molar-refractivity contribution in [1.82, 2.24) is 8.96 Å². The van der Waals surface area contributed by atoms with Crippen molar-refractivity contribution in [2.24, 2.45) is 20.0 Å². The third kappa shape index (κ3) is 3.01. The van der Waals surface area contributed by atoms with Gasteiger partial charge in [-0.2, -0.15) is 0 Å². The number of aliphatic imine (C=N–C) groups is 2. The van der Waals surface area contributed by atoms with E-state index in [1.807, 2.05) is 0 Å². The van der Waals surface area contributed by atoms with Crippen molar-refractivity contribution in [1.29, 1.82) is 0 Å². The van der Waals surface area contributed by atoms with Crippen LogP contribution in [-0.2, 0) is 0 Å². The summed E-state index contributed by atoms with van der Waals surface area (Å²) in [5.74, 6) is 1.84. The molecule has 0 aliphatic carbocycles. The Morgan fingerprint density at radius 2 is 0.895 bits per heavy atom. The molecule has 3 aliphatic heterocycles. The average Bonchev–Trinajstić information content (AvgIpc) is 3.45. The molecule has 0 spiro atoms. The SMILES string of the molecule is ClB1n2c3c4cc(Cl)c(Cl)cc4c2/N=C2N=C(/N=c4/c5cc(Cl)c(Cl)cc5c(n41)=N3)c1cc(Cl)c(Cl)cc1\2. The molecule has 0 N–H and O–H groups in total. The average molecular weight is 637 g/mol. The fraction of sp³-hybridized carbons (Fsp3) is 0. The normalized spacial score (nSPS) is 17.1. The van der Waals surface area contributed by atoms with Gasteiger partial charge < -0.3 is 8.96 Å². The molecule has 3 aromatic carbocycles. The molecule has 0 fully saturated rings. The van der Waals surface area contributed by atoms with Crippen molar-refractivity contribution in [2.45, 2.75) is 0 Å². The predicted octanol–water partition coefficient (Wildman–Crippen LogP) is 7.87. The fourth-order valence-electron chi connectivity index (χ4n) is 5.14. The Kier molecular flexibility index (Phi) is 4.93. The third-order valence-electron chi connectivity index (χ3n) is 6.81. The van der Waals surface area contributed by atoms with E-state index in [0.717, 1.165) is 10.8 Å². The zero-order valence-corrected chi connectivity index (χ0v) is 23.7. The van der Waals surface area contributed by atoms with Crippen LogP contribution in [0.5, 0.6) is 0 Å². The molecule has 0 amide bonds. The lowest BCUT2D eigenvalue weighted by molar-refractivity contribution is 0.938. The molecule has 5 heterocycles. The smallest absolute Gasteiger partial charge is 0.319 e. The number of aromatic nitrogens is 2. The molecule has 5 aromatic rings. The second-order valence-corrected chi connectivity index (χ2v) is 11.7. The summed E-state index contributed by atoms with van der Waals surface area (Å²) in [5, 5.41) is 5.08. The molecule has 38 heavy (non-hydrogen) atoms. The quantitative estimate of drug-likeness (QED) is 0.155. The molecule has 2 aromatic heterocycles. The van der Waals surface area contributed by atoms with Crippen LogP contribution in [0.25, 0.3) is 21.5 Å². The molecule has 4 bridgehead atoms. The maximum Gasteiger partial charge on any atom is 0.499 e. The monoisotopic (exact) mass is 634 g/mol. The summed E-state index contributed by atoms with van der Waals surface area (Å²) in [4.78, 5) is 19.7. The summed E-state index contributed by atoms with van der Waals surface area (Å²) in [7, 11) is 0. The van der Waals surface area contributed by atoms with Crippen molar-refractivity contribution in [2.75, 3.05) is 0 Å². The van der Waals surface area contributed by atoms with Gasteiger partial charge in [-0.3, -0.25) is 0 Å². The van der Waals surface area contributed by atoms with Gasteiger partial charge in [-0.05, 0) is 36.4 Å². The minimum atomic E-state index is -0.807. The number of halogens is 7. The van der Waals surface area contributed by atoms with E-state index in [9.17, 15) is 0 Å². The van der Waals surface area contributed by atoms with Gasteiger partial charge in [0.1, 0.15) is 22.6 Å². The Labute approximate surface area is 248 Å². The van der Waals surface area contributed by atoms with E-state index in [-0.39, 0.29) is 0 Å². The van der Waals surface area contributed by atoms with Gasteiger partial charge in [-0.25, -0.2) is 20.0 Å². The number of hydrogen-bond acceptors (Lipinski definition) is 4. The second-order valence-electron chi connectivity index (χ2n) is 8.88. The van der Waals surface area contributed by atoms with Crippen LogP contribution in [0.3, 0.4) is 0 Å². The maximum atomic E-state index is 7.23. The van der Waals surface area contributed by atoms with E-state index in [4.69, 9.17) is 101 Å². The van der Waals surface area contributed by atoms with Gasteiger partial charge in [-0.1, -0.05) is 69.6 Å². The first-order chi connectivity index (χ1) is 18.2. The van der Waals surface area contributed by atoms with Gasteiger partial charge >= 0.3 is 6.40 Å². The minimum Gasteiger partial charge on any atom is -0.319 e. The van der Waals surface area contributed by atoms with E-state index in [1.54, 1.807) is 45.4 Å². The van der Waals surface area contributed by atoms with Crippen molar-refractivity contribution in [3.8, 4) is 0 Å². The number of rotatable bonds is 0. The molecule has 8 rings (SSSR count). The lowest BCUT2D eigenvalue weighted by Crippen LogP contribution is -2.44. The van der Waals surface area contributed by atoms with Gasteiger partial charge in [0.25, 0.3) is 0 Å². The van der Waals surface area contributed by atoms with E-state index in [0.29, 0.717) is 86.3 Å². The molecular weight excluding hydrogens is 631 g/mol. The number of nitrogens with zero attached hydrogens (tertiary/aromatic N) is 6. The van der Waals surface area contributed by atoms with Gasteiger partial charge in [0.2, 0.25) is 0 Å². The molecule has 6 nitrogen and oxygen atoms in total. The molecule has 14 heteroatoms. The van der Waals surface area contributed by atoms with E-state index >= 15 is 0 Å². The second kappa shape index (κ2) is 7.92. The van der Waals surface area contributed by atoms with Crippen LogP contribution in [0.4, 0.5) is 11.6 Å². The van der Waals surface area contributed by atoms with E-state index in [2.05, 4.69) is 0 Å². The van der Waals surface area contributed by atoms with Crippen LogP contribution in [-0.4, -0.2) is 27.0 Å². The summed E-state index contributed by atoms with van der Waals surface area (Å²) in [6.07, 6.45) is -0.807. The number of fused-ring (bicyclic) bond motifs is 10. The molecule has 0 radical (unpaired) electrons. The van der Waals surface area contributed by atoms with Crippen LogP contribution >= 0.6 is 81.1 Å². The molecule has 0 saturated heterocycles. The molecule has 3 aliphatic rings. The summed E-state index contributed by atoms with van der Waals surface area (Å²) in [6, 6.07) is 10.5. The van der Waals surface area contributed by atoms with Gasteiger partial charge in [0.05, 0.1) is 30.1 Å². The highest BCUT2D eigenvalue weighted by Gasteiger charge is 2.36. The Balaban J connectivity index is 1.66. The lowest BCUT2D eigenvalue weighted by atomic mass is 10.1. The maximum absolute atomic E-state index is 7.23. The Bertz CT molecular complexity index is 2180. The zero-order chi connectivity index (χ0) is 26.2. The first-order valence-electron chi connectivity index (χ1n) is 11.0.